The van der Waals surface area contributed by atoms with Crippen LogP contribution < -0.4 is 10.0 Å². The summed E-state index contributed by atoms with van der Waals surface area (Å²) in [6, 6.07) is 27.6. The van der Waals surface area contributed by atoms with Crippen molar-refractivity contribution in [1.82, 2.24) is 4.90 Å². The first-order chi connectivity index (χ1) is 19.2. The molecule has 2 N–H and O–H groups in total. The van der Waals surface area contributed by atoms with E-state index in [1.54, 1.807) is 48.2 Å². The van der Waals surface area contributed by atoms with Gasteiger partial charge in [0.2, 0.25) is 5.91 Å². The summed E-state index contributed by atoms with van der Waals surface area (Å²) in [6.45, 7) is 2.40. The Hall–Kier alpha value is -3.79. The summed E-state index contributed by atoms with van der Waals surface area (Å²) in [5, 5.41) is 3.30. The number of aryl methyl sites for hydroxylation is 1. The summed E-state index contributed by atoms with van der Waals surface area (Å²) in [6.07, 6.45) is 0. The van der Waals surface area contributed by atoms with Crippen LogP contribution in [0.4, 0.5) is 11.4 Å². The van der Waals surface area contributed by atoms with Gasteiger partial charge < -0.3 is 10.2 Å². The minimum atomic E-state index is -3.77. The summed E-state index contributed by atoms with van der Waals surface area (Å²) >= 11 is 7.54. The summed E-state index contributed by atoms with van der Waals surface area (Å²) in [5.41, 5.74) is 4.33. The van der Waals surface area contributed by atoms with E-state index in [2.05, 4.69) is 10.0 Å². The number of nitrogens with one attached hydrogen (secondary N) is 2. The molecule has 1 aliphatic heterocycles. The van der Waals surface area contributed by atoms with Crippen LogP contribution in [-0.2, 0) is 21.4 Å². The van der Waals surface area contributed by atoms with Gasteiger partial charge in [-0.15, -0.1) is 11.8 Å². The maximum absolute atomic E-state index is 12.9. The van der Waals surface area contributed by atoms with Gasteiger partial charge in [0.25, 0.3) is 15.9 Å². The third kappa shape index (κ3) is 6.50. The van der Waals surface area contributed by atoms with Crippen molar-refractivity contribution in [3.8, 4) is 0 Å². The van der Waals surface area contributed by atoms with Gasteiger partial charge in [0, 0.05) is 28.5 Å². The molecule has 0 bridgehead atoms. The normalized spacial score (nSPS) is 15.2. The first-order valence-electron chi connectivity index (χ1n) is 12.4. The molecule has 0 unspecified atom stereocenters. The largest absolute Gasteiger partial charge is 0.322 e. The van der Waals surface area contributed by atoms with E-state index in [9.17, 15) is 18.0 Å². The Morgan fingerprint density at radius 2 is 1.52 bits per heavy atom. The minimum Gasteiger partial charge on any atom is -0.322 e. The predicted molar refractivity (Wildman–Crippen MR) is 160 cm³/mol. The fourth-order valence-corrected chi connectivity index (χ4v) is 6.62. The zero-order valence-corrected chi connectivity index (χ0v) is 23.9. The monoisotopic (exact) mass is 591 g/mol. The number of hydrogen-bond acceptors (Lipinski definition) is 5. The molecule has 0 saturated carbocycles. The Bertz CT molecular complexity index is 1620. The maximum atomic E-state index is 12.9. The molecule has 0 aliphatic carbocycles. The Kier molecular flexibility index (Phi) is 8.16. The van der Waals surface area contributed by atoms with Crippen LogP contribution in [0.3, 0.4) is 0 Å². The molecule has 2 amide bonds. The Morgan fingerprint density at radius 1 is 0.900 bits per heavy atom. The molecular weight excluding hydrogens is 566 g/mol. The molecular formula is C30H26ClN3O4S2. The number of thioether (sulfide) groups is 1. The lowest BCUT2D eigenvalue weighted by molar-refractivity contribution is -0.128. The van der Waals surface area contributed by atoms with Crippen molar-refractivity contribution in [2.75, 3.05) is 15.8 Å². The number of rotatable bonds is 8. The van der Waals surface area contributed by atoms with Gasteiger partial charge in [-0.1, -0.05) is 53.6 Å². The van der Waals surface area contributed by atoms with Crippen molar-refractivity contribution in [2.45, 2.75) is 23.7 Å². The third-order valence-electron chi connectivity index (χ3n) is 6.42. The number of anilines is 2. The summed E-state index contributed by atoms with van der Waals surface area (Å²) in [7, 11) is -3.77. The highest BCUT2D eigenvalue weighted by molar-refractivity contribution is 8.00. The van der Waals surface area contributed by atoms with Gasteiger partial charge in [-0.2, -0.15) is 0 Å². The maximum Gasteiger partial charge on any atom is 0.261 e. The van der Waals surface area contributed by atoms with E-state index in [0.29, 0.717) is 34.3 Å². The van der Waals surface area contributed by atoms with Gasteiger partial charge in [0.05, 0.1) is 10.6 Å². The molecule has 1 aliphatic rings. The molecule has 0 spiro atoms. The number of amides is 2. The van der Waals surface area contributed by atoms with Gasteiger partial charge in [-0.3, -0.25) is 14.3 Å². The van der Waals surface area contributed by atoms with Crippen LogP contribution >= 0.6 is 23.4 Å². The number of halogens is 1. The molecule has 7 nitrogen and oxygen atoms in total. The first kappa shape index (κ1) is 27.8. The molecule has 40 heavy (non-hydrogen) atoms. The van der Waals surface area contributed by atoms with Crippen LogP contribution in [0.5, 0.6) is 0 Å². The van der Waals surface area contributed by atoms with Crippen LogP contribution in [0.25, 0.3) is 0 Å². The van der Waals surface area contributed by atoms with Gasteiger partial charge >= 0.3 is 0 Å². The fraction of sp³-hybridized carbons (Fsp3) is 0.133. The molecule has 4 aromatic carbocycles. The van der Waals surface area contributed by atoms with E-state index >= 15 is 0 Å². The summed E-state index contributed by atoms with van der Waals surface area (Å²) < 4.78 is 28.0. The number of hydrogen-bond donors (Lipinski definition) is 2. The molecule has 4 aromatic rings. The van der Waals surface area contributed by atoms with Crippen molar-refractivity contribution < 1.29 is 18.0 Å². The van der Waals surface area contributed by atoms with Crippen molar-refractivity contribution >= 4 is 56.6 Å². The van der Waals surface area contributed by atoms with E-state index in [4.69, 9.17) is 11.6 Å². The van der Waals surface area contributed by atoms with Crippen LogP contribution in [0.1, 0.15) is 32.4 Å². The van der Waals surface area contributed by atoms with E-state index in [0.717, 1.165) is 16.7 Å². The molecule has 0 radical (unpaired) electrons. The van der Waals surface area contributed by atoms with E-state index in [-0.39, 0.29) is 22.1 Å². The number of sulfonamides is 1. The van der Waals surface area contributed by atoms with Crippen molar-refractivity contribution in [1.29, 1.82) is 0 Å². The molecule has 0 aromatic heterocycles. The van der Waals surface area contributed by atoms with Gasteiger partial charge in [-0.25, -0.2) is 8.42 Å². The van der Waals surface area contributed by atoms with Crippen LogP contribution in [0.15, 0.2) is 102 Å². The van der Waals surface area contributed by atoms with E-state index < -0.39 is 10.0 Å². The second kappa shape index (κ2) is 11.8. The second-order valence-corrected chi connectivity index (χ2v) is 12.6. The number of benzene rings is 4. The molecule has 10 heteroatoms. The smallest absolute Gasteiger partial charge is 0.261 e. The SMILES string of the molecule is Cc1ccc(NS(=O)(=O)c2ccc(NC(=O)c3ccc([C@@H]4SCC(=O)N4Cc4ccc(Cl)cc4)cc3)cc2)cc1. The molecule has 1 heterocycles. The van der Waals surface area contributed by atoms with E-state index in [1.807, 2.05) is 60.4 Å². The highest BCUT2D eigenvalue weighted by atomic mass is 35.5. The Labute approximate surface area is 242 Å². The van der Waals surface area contributed by atoms with Crippen molar-refractivity contribution in [2.24, 2.45) is 0 Å². The van der Waals surface area contributed by atoms with Crippen molar-refractivity contribution in [3.63, 3.8) is 0 Å². The zero-order valence-electron chi connectivity index (χ0n) is 21.5. The van der Waals surface area contributed by atoms with Gasteiger partial charge in [0.1, 0.15) is 5.37 Å². The summed E-state index contributed by atoms with van der Waals surface area (Å²) in [4.78, 5) is 27.3. The third-order valence-corrected chi connectivity index (χ3v) is 9.32. The molecule has 1 saturated heterocycles. The van der Waals surface area contributed by atoms with E-state index in [1.165, 1.54) is 12.1 Å². The topological polar surface area (TPSA) is 95.6 Å². The lowest BCUT2D eigenvalue weighted by Crippen LogP contribution is -2.27. The molecule has 5 rings (SSSR count). The first-order valence-corrected chi connectivity index (χ1v) is 15.4. The molecule has 1 fully saturated rings. The lowest BCUT2D eigenvalue weighted by atomic mass is 10.1. The fourth-order valence-electron chi connectivity index (χ4n) is 4.24. The van der Waals surface area contributed by atoms with Crippen LogP contribution in [0, 0.1) is 6.92 Å². The van der Waals surface area contributed by atoms with Crippen LogP contribution in [-0.4, -0.2) is 30.9 Å². The van der Waals surface area contributed by atoms with Gasteiger partial charge in [0.15, 0.2) is 0 Å². The number of nitrogens with zero attached hydrogens (tertiary/aromatic N) is 1. The molecule has 1 atom stereocenters. The standard InChI is InChI=1S/C30H26ClN3O4S2/c1-20-2-12-26(13-3-20)33-40(37,38)27-16-14-25(15-17-27)32-29(36)22-6-8-23(9-7-22)30-34(28(35)19-39-30)18-21-4-10-24(31)11-5-21/h2-17,30,33H,18-19H2,1H3,(H,32,36)/t30-/m0/s1. The lowest BCUT2D eigenvalue weighted by Gasteiger charge is -2.24. The zero-order chi connectivity index (χ0) is 28.3. The average Bonchev–Trinajstić information content (AvgIpc) is 3.31. The highest BCUT2D eigenvalue weighted by Gasteiger charge is 2.32. The quantitative estimate of drug-likeness (QED) is 0.245. The van der Waals surface area contributed by atoms with Gasteiger partial charge in [-0.05, 0) is 78.7 Å². The second-order valence-electron chi connectivity index (χ2n) is 9.38. The van der Waals surface area contributed by atoms with Crippen LogP contribution in [0.2, 0.25) is 5.02 Å². The predicted octanol–water partition coefficient (Wildman–Crippen LogP) is 6.48. The molecule has 204 valence electrons. The van der Waals surface area contributed by atoms with Crippen molar-refractivity contribution in [3.05, 3.63) is 124 Å². The highest BCUT2D eigenvalue weighted by Crippen LogP contribution is 2.39. The Morgan fingerprint density at radius 3 is 2.17 bits per heavy atom. The minimum absolute atomic E-state index is 0.0614. The average molecular weight is 592 g/mol. The number of carbonyl (C=O) groups excluding carboxylic acids is 2. The Balaban J connectivity index is 1.22. The summed E-state index contributed by atoms with van der Waals surface area (Å²) in [5.74, 6) is 0.131. The number of carbonyl (C=O) groups is 2.